The Kier molecular flexibility index (Phi) is 3.35. The number of hydrogen-bond acceptors (Lipinski definition) is 5. The third kappa shape index (κ3) is 2.78. The fourth-order valence-electron chi connectivity index (χ4n) is 1.26. The van der Waals surface area contributed by atoms with Crippen LogP contribution in [0.2, 0.25) is 0 Å². The molecule has 0 unspecified atom stereocenters. The molecule has 3 N–H and O–H groups in total. The molecule has 2 rings (SSSR count). The maximum Gasteiger partial charge on any atom is 0.187 e. The largest absolute Gasteiger partial charge is 0.388 e. The number of anilines is 2. The number of thiazole rings is 1. The zero-order valence-corrected chi connectivity index (χ0v) is 11.2. The van der Waals surface area contributed by atoms with Crippen LogP contribution in [-0.4, -0.2) is 15.0 Å². The summed E-state index contributed by atoms with van der Waals surface area (Å²) in [5, 5.41) is 4.06. The molecule has 0 bridgehead atoms. The second-order valence-corrected chi connectivity index (χ2v) is 5.23. The maximum atomic E-state index is 5.48. The number of pyridine rings is 1. The van der Waals surface area contributed by atoms with Crippen LogP contribution in [0.1, 0.15) is 16.3 Å². The Morgan fingerprint density at radius 1 is 1.41 bits per heavy atom. The molecule has 0 atom stereocenters. The van der Waals surface area contributed by atoms with Crippen LogP contribution in [0.5, 0.6) is 0 Å². The van der Waals surface area contributed by atoms with Crippen molar-refractivity contribution in [2.24, 2.45) is 5.73 Å². The van der Waals surface area contributed by atoms with Crippen molar-refractivity contribution in [1.29, 1.82) is 0 Å². The number of aromatic nitrogens is 2. The predicted molar refractivity (Wildman–Crippen MR) is 75.0 cm³/mol. The van der Waals surface area contributed by atoms with E-state index in [1.165, 1.54) is 4.88 Å². The van der Waals surface area contributed by atoms with E-state index in [-0.39, 0.29) is 0 Å². The van der Waals surface area contributed by atoms with Crippen LogP contribution in [0.4, 0.5) is 10.8 Å². The van der Waals surface area contributed by atoms with Crippen molar-refractivity contribution in [2.75, 3.05) is 5.32 Å². The van der Waals surface area contributed by atoms with Crippen LogP contribution in [0, 0.1) is 13.8 Å². The Morgan fingerprint density at radius 2 is 2.18 bits per heavy atom. The molecule has 0 spiro atoms. The quantitative estimate of drug-likeness (QED) is 0.834. The van der Waals surface area contributed by atoms with Gasteiger partial charge in [0.1, 0.15) is 4.99 Å². The van der Waals surface area contributed by atoms with Gasteiger partial charge in [0.05, 0.1) is 23.3 Å². The molecule has 0 aliphatic heterocycles. The summed E-state index contributed by atoms with van der Waals surface area (Å²) in [4.78, 5) is 10.1. The highest BCUT2D eigenvalue weighted by Crippen LogP contribution is 2.24. The van der Waals surface area contributed by atoms with Gasteiger partial charge in [-0.2, -0.15) is 0 Å². The number of nitrogens with one attached hydrogen (secondary N) is 1. The van der Waals surface area contributed by atoms with E-state index in [2.05, 4.69) is 15.3 Å². The summed E-state index contributed by atoms with van der Waals surface area (Å²) in [7, 11) is 0. The summed E-state index contributed by atoms with van der Waals surface area (Å²) in [5.41, 5.74) is 8.02. The molecule has 2 aromatic rings. The van der Waals surface area contributed by atoms with E-state index in [4.69, 9.17) is 18.0 Å². The van der Waals surface area contributed by atoms with Gasteiger partial charge in [0.2, 0.25) is 0 Å². The van der Waals surface area contributed by atoms with E-state index in [9.17, 15) is 0 Å². The lowest BCUT2D eigenvalue weighted by Gasteiger charge is -2.02. The minimum Gasteiger partial charge on any atom is -0.388 e. The molecule has 0 radical (unpaired) electrons. The number of thiocarbonyl (C=S) groups is 1. The molecule has 0 saturated heterocycles. The molecule has 0 fully saturated rings. The van der Waals surface area contributed by atoms with Gasteiger partial charge in [0.25, 0.3) is 0 Å². The number of nitrogens with two attached hydrogens (primary N) is 1. The third-order valence-corrected chi connectivity index (χ3v) is 3.49. The summed E-state index contributed by atoms with van der Waals surface area (Å²) in [6, 6.07) is 3.67. The molecule has 4 nitrogen and oxygen atoms in total. The summed E-state index contributed by atoms with van der Waals surface area (Å²) in [6.45, 7) is 4.04. The topological polar surface area (TPSA) is 63.8 Å². The fourth-order valence-corrected chi connectivity index (χ4v) is 2.22. The first-order valence-electron chi connectivity index (χ1n) is 5.03. The molecule has 6 heteroatoms. The van der Waals surface area contributed by atoms with Crippen LogP contribution in [0.25, 0.3) is 0 Å². The lowest BCUT2D eigenvalue weighted by atomic mass is 10.3. The van der Waals surface area contributed by atoms with Gasteiger partial charge in [-0.25, -0.2) is 4.98 Å². The SMILES string of the molecule is Cc1nc(Nc2ccc(C(N)=S)nc2)sc1C. The van der Waals surface area contributed by atoms with Crippen LogP contribution in [-0.2, 0) is 0 Å². The maximum absolute atomic E-state index is 5.48. The van der Waals surface area contributed by atoms with Gasteiger partial charge in [-0.15, -0.1) is 11.3 Å². The molecule has 2 aromatic heterocycles. The Hall–Kier alpha value is -1.53. The van der Waals surface area contributed by atoms with Crippen LogP contribution < -0.4 is 11.1 Å². The van der Waals surface area contributed by atoms with Crippen LogP contribution in [0.15, 0.2) is 18.3 Å². The van der Waals surface area contributed by atoms with Crippen molar-refractivity contribution in [2.45, 2.75) is 13.8 Å². The van der Waals surface area contributed by atoms with Crippen molar-refractivity contribution in [3.63, 3.8) is 0 Å². The second-order valence-electron chi connectivity index (χ2n) is 3.58. The van der Waals surface area contributed by atoms with Gasteiger partial charge < -0.3 is 11.1 Å². The Bertz CT molecular complexity index is 526. The summed E-state index contributed by atoms with van der Waals surface area (Å²) in [5.74, 6) is 0. The highest BCUT2D eigenvalue weighted by atomic mass is 32.1. The number of aryl methyl sites for hydroxylation is 2. The van der Waals surface area contributed by atoms with E-state index in [1.54, 1.807) is 23.6 Å². The van der Waals surface area contributed by atoms with Crippen molar-refractivity contribution in [1.82, 2.24) is 9.97 Å². The van der Waals surface area contributed by atoms with Gasteiger partial charge in [-0.1, -0.05) is 12.2 Å². The molecule has 0 aliphatic carbocycles. The van der Waals surface area contributed by atoms with E-state index in [0.717, 1.165) is 16.5 Å². The minimum atomic E-state index is 0.303. The predicted octanol–water partition coefficient (Wildman–Crippen LogP) is 2.53. The first-order valence-corrected chi connectivity index (χ1v) is 6.25. The smallest absolute Gasteiger partial charge is 0.187 e. The van der Waals surface area contributed by atoms with E-state index in [0.29, 0.717) is 10.7 Å². The lowest BCUT2D eigenvalue weighted by molar-refractivity contribution is 1.22. The van der Waals surface area contributed by atoms with E-state index >= 15 is 0 Å². The third-order valence-electron chi connectivity index (χ3n) is 2.30. The average Bonchev–Trinajstić information content (AvgIpc) is 2.58. The highest BCUT2D eigenvalue weighted by Gasteiger charge is 2.04. The van der Waals surface area contributed by atoms with Gasteiger partial charge in [-0.3, -0.25) is 4.98 Å². The van der Waals surface area contributed by atoms with Gasteiger partial charge in [0.15, 0.2) is 5.13 Å². The molecule has 0 saturated carbocycles. The van der Waals surface area contributed by atoms with Crippen LogP contribution in [0.3, 0.4) is 0 Å². The molecule has 0 amide bonds. The van der Waals surface area contributed by atoms with Crippen molar-refractivity contribution < 1.29 is 0 Å². The fraction of sp³-hybridized carbons (Fsp3) is 0.182. The molecule has 0 aliphatic rings. The van der Waals surface area contributed by atoms with Crippen molar-refractivity contribution in [3.05, 3.63) is 34.6 Å². The minimum absolute atomic E-state index is 0.303. The molecule has 88 valence electrons. The Morgan fingerprint density at radius 3 is 2.65 bits per heavy atom. The highest BCUT2D eigenvalue weighted by molar-refractivity contribution is 7.80. The van der Waals surface area contributed by atoms with Crippen LogP contribution >= 0.6 is 23.6 Å². The first kappa shape index (κ1) is 11.9. The number of nitrogens with zero attached hydrogens (tertiary/aromatic N) is 2. The van der Waals surface area contributed by atoms with Gasteiger partial charge in [0, 0.05) is 4.88 Å². The average molecular weight is 264 g/mol. The number of hydrogen-bond donors (Lipinski definition) is 2. The molecule has 0 aromatic carbocycles. The monoisotopic (exact) mass is 264 g/mol. The second kappa shape index (κ2) is 4.77. The van der Waals surface area contributed by atoms with Crippen molar-refractivity contribution >= 4 is 39.4 Å². The molecular weight excluding hydrogens is 252 g/mol. The zero-order valence-electron chi connectivity index (χ0n) is 9.52. The van der Waals surface area contributed by atoms with E-state index in [1.807, 2.05) is 19.9 Å². The number of rotatable bonds is 3. The molecular formula is C11H12N4S2. The molecule has 17 heavy (non-hydrogen) atoms. The first-order chi connectivity index (χ1) is 8.06. The lowest BCUT2D eigenvalue weighted by Crippen LogP contribution is -2.11. The zero-order chi connectivity index (χ0) is 12.4. The van der Waals surface area contributed by atoms with Gasteiger partial charge in [-0.05, 0) is 26.0 Å². The van der Waals surface area contributed by atoms with E-state index < -0.39 is 0 Å². The molecule has 2 heterocycles. The summed E-state index contributed by atoms with van der Waals surface area (Å²) in [6.07, 6.45) is 1.69. The Balaban J connectivity index is 2.16. The normalized spacial score (nSPS) is 10.2. The van der Waals surface area contributed by atoms with Gasteiger partial charge >= 0.3 is 0 Å². The standard InChI is InChI=1S/C11H12N4S2/c1-6-7(2)17-11(14-6)15-8-3-4-9(10(12)16)13-5-8/h3-5H,1-2H3,(H2,12,16)(H,14,15). The van der Waals surface area contributed by atoms with Crippen molar-refractivity contribution in [3.8, 4) is 0 Å². The summed E-state index contributed by atoms with van der Waals surface area (Å²) < 4.78 is 0. The summed E-state index contributed by atoms with van der Waals surface area (Å²) >= 11 is 6.46. The Labute approximate surface area is 109 Å².